The number of ether oxygens (including phenoxy) is 1. The number of esters is 1. The van der Waals surface area contributed by atoms with Crippen molar-refractivity contribution in [3.05, 3.63) is 40.7 Å². The van der Waals surface area contributed by atoms with Crippen molar-refractivity contribution in [2.75, 3.05) is 20.2 Å². The number of para-hydroxylation sites is 1. The van der Waals surface area contributed by atoms with Crippen molar-refractivity contribution in [1.82, 2.24) is 14.7 Å². The third-order valence-electron chi connectivity index (χ3n) is 4.68. The Morgan fingerprint density at radius 2 is 1.96 bits per heavy atom. The van der Waals surface area contributed by atoms with Crippen molar-refractivity contribution in [3.8, 4) is 0 Å². The molecular formula is C18H21N3O4. The maximum absolute atomic E-state index is 12.4. The number of fused-ring (bicyclic) bond motifs is 1. The fraction of sp³-hybridized carbons (Fsp3) is 0.444. The first-order chi connectivity index (χ1) is 12.1. The molecule has 3 rings (SSSR count). The predicted octanol–water partition coefficient (Wildman–Crippen LogP) is 1.20. The van der Waals surface area contributed by atoms with Gasteiger partial charge >= 0.3 is 5.97 Å². The van der Waals surface area contributed by atoms with Gasteiger partial charge < -0.3 is 9.64 Å². The first-order valence-corrected chi connectivity index (χ1v) is 8.40. The number of carbonyl (C=O) groups excluding carboxylic acids is 2. The number of piperidine rings is 1. The molecule has 7 nitrogen and oxygen atoms in total. The molecule has 1 aromatic heterocycles. The summed E-state index contributed by atoms with van der Waals surface area (Å²) in [4.78, 5) is 37.6. The molecule has 132 valence electrons. The molecule has 1 amide bonds. The molecule has 1 aliphatic heterocycles. The number of hydrogen-bond donors (Lipinski definition) is 0. The third kappa shape index (κ3) is 3.70. The van der Waals surface area contributed by atoms with E-state index in [0.717, 1.165) is 5.52 Å². The van der Waals surface area contributed by atoms with Crippen molar-refractivity contribution < 1.29 is 14.3 Å². The molecule has 2 aromatic rings. The fourth-order valence-electron chi connectivity index (χ4n) is 3.23. The standard InChI is InChI=1S/C18H21N3O4/c1-25-18(24)13-6-9-20(10-7-13)17(23)8-11-21-15-5-3-2-4-14(15)16(22)12-19-21/h2-5,12-13H,6-11H2,1H3. The number of likely N-dealkylation sites (tertiary alicyclic amines) is 1. The van der Waals surface area contributed by atoms with Crippen LogP contribution in [0, 0.1) is 5.92 Å². The Kier molecular flexibility index (Phi) is 5.11. The lowest BCUT2D eigenvalue weighted by Gasteiger charge is -2.30. The highest BCUT2D eigenvalue weighted by atomic mass is 16.5. The van der Waals surface area contributed by atoms with Gasteiger partial charge in [-0.1, -0.05) is 12.1 Å². The second kappa shape index (κ2) is 7.46. The average molecular weight is 343 g/mol. The first-order valence-electron chi connectivity index (χ1n) is 8.40. The van der Waals surface area contributed by atoms with Gasteiger partial charge in [-0.2, -0.15) is 5.10 Å². The summed E-state index contributed by atoms with van der Waals surface area (Å²) in [5.41, 5.74) is 0.607. The largest absolute Gasteiger partial charge is 0.469 e. The van der Waals surface area contributed by atoms with Crippen LogP contribution in [0.2, 0.25) is 0 Å². The fourth-order valence-corrected chi connectivity index (χ4v) is 3.23. The molecule has 1 aliphatic rings. The molecule has 0 N–H and O–H groups in total. The molecule has 0 saturated carbocycles. The summed E-state index contributed by atoms with van der Waals surface area (Å²) in [6, 6.07) is 7.25. The Morgan fingerprint density at radius 1 is 1.24 bits per heavy atom. The summed E-state index contributed by atoms with van der Waals surface area (Å²) in [5, 5.41) is 4.74. The number of hydrogen-bond acceptors (Lipinski definition) is 5. The Hall–Kier alpha value is -2.70. The normalized spacial score (nSPS) is 15.3. The minimum Gasteiger partial charge on any atom is -0.469 e. The quantitative estimate of drug-likeness (QED) is 0.779. The van der Waals surface area contributed by atoms with Crippen LogP contribution in [0.5, 0.6) is 0 Å². The summed E-state index contributed by atoms with van der Waals surface area (Å²) < 4.78 is 6.45. The van der Waals surface area contributed by atoms with Crippen molar-refractivity contribution in [1.29, 1.82) is 0 Å². The van der Waals surface area contributed by atoms with Gasteiger partial charge in [0, 0.05) is 24.9 Å². The van der Waals surface area contributed by atoms with Crippen LogP contribution in [0.4, 0.5) is 0 Å². The number of carbonyl (C=O) groups is 2. The van der Waals surface area contributed by atoms with E-state index in [0.29, 0.717) is 44.3 Å². The molecule has 7 heteroatoms. The van der Waals surface area contributed by atoms with E-state index in [1.165, 1.54) is 13.3 Å². The second-order valence-electron chi connectivity index (χ2n) is 6.18. The molecule has 0 radical (unpaired) electrons. The van der Waals surface area contributed by atoms with Crippen LogP contribution in [0.15, 0.2) is 35.3 Å². The van der Waals surface area contributed by atoms with E-state index in [-0.39, 0.29) is 23.2 Å². The molecule has 0 bridgehead atoms. The number of aromatic nitrogens is 2. The lowest BCUT2D eigenvalue weighted by atomic mass is 9.97. The molecule has 1 fully saturated rings. The van der Waals surface area contributed by atoms with E-state index in [1.807, 2.05) is 18.2 Å². The van der Waals surface area contributed by atoms with Gasteiger partial charge in [0.15, 0.2) is 0 Å². The monoisotopic (exact) mass is 343 g/mol. The number of rotatable bonds is 4. The Morgan fingerprint density at radius 3 is 2.68 bits per heavy atom. The van der Waals surface area contributed by atoms with Gasteiger partial charge in [-0.05, 0) is 25.0 Å². The van der Waals surface area contributed by atoms with Crippen LogP contribution in [0.1, 0.15) is 19.3 Å². The Balaban J connectivity index is 1.61. The molecule has 2 heterocycles. The Bertz CT molecular complexity index is 838. The minimum atomic E-state index is -0.198. The van der Waals surface area contributed by atoms with Crippen LogP contribution in [-0.2, 0) is 20.9 Å². The van der Waals surface area contributed by atoms with Gasteiger partial charge in [0.1, 0.15) is 0 Å². The zero-order chi connectivity index (χ0) is 17.8. The molecule has 25 heavy (non-hydrogen) atoms. The summed E-state index contributed by atoms with van der Waals surface area (Å²) in [7, 11) is 1.39. The number of nitrogens with zero attached hydrogens (tertiary/aromatic N) is 3. The number of aryl methyl sites for hydroxylation is 1. The lowest BCUT2D eigenvalue weighted by Crippen LogP contribution is -2.40. The van der Waals surface area contributed by atoms with Gasteiger partial charge in [0.25, 0.3) is 0 Å². The van der Waals surface area contributed by atoms with Crippen molar-refractivity contribution in [2.45, 2.75) is 25.8 Å². The molecule has 0 aliphatic carbocycles. The Labute approximate surface area is 145 Å². The van der Waals surface area contributed by atoms with Gasteiger partial charge in [-0.3, -0.25) is 19.1 Å². The van der Waals surface area contributed by atoms with Crippen molar-refractivity contribution in [3.63, 3.8) is 0 Å². The van der Waals surface area contributed by atoms with Gasteiger partial charge in [0.05, 0.1) is 31.3 Å². The highest BCUT2D eigenvalue weighted by molar-refractivity contribution is 5.79. The van der Waals surface area contributed by atoms with Gasteiger partial charge in [0.2, 0.25) is 11.3 Å². The van der Waals surface area contributed by atoms with Crippen LogP contribution >= 0.6 is 0 Å². The number of amides is 1. The van der Waals surface area contributed by atoms with E-state index in [2.05, 4.69) is 5.10 Å². The van der Waals surface area contributed by atoms with Crippen LogP contribution in [-0.4, -0.2) is 46.8 Å². The zero-order valence-electron chi connectivity index (χ0n) is 14.2. The van der Waals surface area contributed by atoms with E-state index in [4.69, 9.17) is 4.74 Å². The molecule has 1 saturated heterocycles. The summed E-state index contributed by atoms with van der Waals surface area (Å²) in [5.74, 6) is -0.275. The molecule has 0 spiro atoms. The molecular weight excluding hydrogens is 322 g/mol. The zero-order valence-corrected chi connectivity index (χ0v) is 14.2. The second-order valence-corrected chi connectivity index (χ2v) is 6.18. The average Bonchev–Trinajstić information content (AvgIpc) is 2.67. The summed E-state index contributed by atoms with van der Waals surface area (Å²) in [6.45, 7) is 1.55. The van der Waals surface area contributed by atoms with E-state index < -0.39 is 0 Å². The smallest absolute Gasteiger partial charge is 0.308 e. The summed E-state index contributed by atoms with van der Waals surface area (Å²) in [6.07, 6.45) is 2.87. The van der Waals surface area contributed by atoms with Gasteiger partial charge in [-0.15, -0.1) is 0 Å². The highest BCUT2D eigenvalue weighted by Gasteiger charge is 2.27. The minimum absolute atomic E-state index is 0.0351. The predicted molar refractivity (Wildman–Crippen MR) is 91.9 cm³/mol. The van der Waals surface area contributed by atoms with E-state index in [1.54, 1.807) is 15.6 Å². The molecule has 0 atom stereocenters. The van der Waals surface area contributed by atoms with Crippen molar-refractivity contribution >= 4 is 22.8 Å². The highest BCUT2D eigenvalue weighted by Crippen LogP contribution is 2.19. The topological polar surface area (TPSA) is 81.5 Å². The lowest BCUT2D eigenvalue weighted by molar-refractivity contribution is -0.148. The third-order valence-corrected chi connectivity index (χ3v) is 4.68. The van der Waals surface area contributed by atoms with E-state index in [9.17, 15) is 14.4 Å². The van der Waals surface area contributed by atoms with E-state index >= 15 is 0 Å². The molecule has 0 unspecified atom stereocenters. The van der Waals surface area contributed by atoms with Crippen LogP contribution < -0.4 is 5.43 Å². The van der Waals surface area contributed by atoms with Gasteiger partial charge in [-0.25, -0.2) is 0 Å². The summed E-state index contributed by atoms with van der Waals surface area (Å²) >= 11 is 0. The van der Waals surface area contributed by atoms with Crippen LogP contribution in [0.3, 0.4) is 0 Å². The number of methoxy groups -OCH3 is 1. The van der Waals surface area contributed by atoms with Crippen LogP contribution in [0.25, 0.3) is 10.9 Å². The maximum Gasteiger partial charge on any atom is 0.308 e. The molecule has 1 aromatic carbocycles. The maximum atomic E-state index is 12.4. The number of benzene rings is 1. The first kappa shape index (κ1) is 17.1. The SMILES string of the molecule is COC(=O)C1CCN(C(=O)CCn2ncc(=O)c3ccccc32)CC1. The van der Waals surface area contributed by atoms with Crippen molar-refractivity contribution in [2.24, 2.45) is 5.92 Å².